The van der Waals surface area contributed by atoms with E-state index in [1.54, 1.807) is 0 Å². The van der Waals surface area contributed by atoms with E-state index in [1.807, 2.05) is 0 Å². The summed E-state index contributed by atoms with van der Waals surface area (Å²) in [6, 6.07) is -1.21. The molecule has 0 unspecified atom stereocenters. The highest BCUT2D eigenvalue weighted by atomic mass is 19.4. The minimum atomic E-state index is -4.67. The molecule has 1 rings (SSSR count). The summed E-state index contributed by atoms with van der Waals surface area (Å²) in [5, 5.41) is 6.19. The standard InChI is InChI=1S/C8H15F3N4O/c9-8(10,11)14-7(16)13-3-6-15-4-1-12-2-5-15/h12H,1-6H2,(H2,13,14,16). The molecule has 16 heavy (non-hydrogen) atoms. The van der Waals surface area contributed by atoms with Crippen LogP contribution in [0.15, 0.2) is 0 Å². The maximum Gasteiger partial charge on any atom is 0.485 e. The van der Waals surface area contributed by atoms with Gasteiger partial charge in [-0.1, -0.05) is 0 Å². The van der Waals surface area contributed by atoms with E-state index >= 15 is 0 Å². The number of rotatable bonds is 3. The van der Waals surface area contributed by atoms with Crippen LogP contribution in [0.3, 0.4) is 0 Å². The molecule has 0 aromatic rings. The summed E-state index contributed by atoms with van der Waals surface area (Å²) in [5.41, 5.74) is 0. The van der Waals surface area contributed by atoms with Crippen LogP contribution in [0.25, 0.3) is 0 Å². The molecular formula is C8H15F3N4O. The first-order valence-electron chi connectivity index (χ1n) is 5.03. The van der Waals surface area contributed by atoms with E-state index in [0.29, 0.717) is 6.54 Å². The van der Waals surface area contributed by atoms with Gasteiger partial charge in [-0.2, -0.15) is 13.2 Å². The van der Waals surface area contributed by atoms with Crippen LogP contribution in [0.4, 0.5) is 18.0 Å². The number of urea groups is 1. The number of hydrogen-bond acceptors (Lipinski definition) is 3. The first-order chi connectivity index (χ1) is 7.47. The summed E-state index contributed by atoms with van der Waals surface area (Å²) in [5.74, 6) is 0. The van der Waals surface area contributed by atoms with E-state index in [0.717, 1.165) is 31.5 Å². The van der Waals surface area contributed by atoms with Crippen LogP contribution in [0.5, 0.6) is 0 Å². The van der Waals surface area contributed by atoms with Crippen LogP contribution in [-0.4, -0.2) is 56.5 Å². The Morgan fingerprint density at radius 3 is 2.50 bits per heavy atom. The maximum atomic E-state index is 11.7. The first-order valence-corrected chi connectivity index (χ1v) is 5.03. The van der Waals surface area contributed by atoms with Gasteiger partial charge in [0.05, 0.1) is 0 Å². The highest BCUT2D eigenvalue weighted by Crippen LogP contribution is 2.08. The molecule has 1 aliphatic rings. The van der Waals surface area contributed by atoms with Gasteiger partial charge in [0, 0.05) is 39.3 Å². The Balaban J connectivity index is 2.08. The Kier molecular flexibility index (Phi) is 4.81. The molecule has 94 valence electrons. The van der Waals surface area contributed by atoms with Gasteiger partial charge in [0.15, 0.2) is 0 Å². The fraction of sp³-hybridized carbons (Fsp3) is 0.875. The van der Waals surface area contributed by atoms with E-state index in [-0.39, 0.29) is 6.54 Å². The molecule has 1 heterocycles. The van der Waals surface area contributed by atoms with Crippen molar-refractivity contribution in [3.8, 4) is 0 Å². The number of carbonyl (C=O) groups is 1. The zero-order chi connectivity index (χ0) is 12.0. The molecule has 5 nitrogen and oxygen atoms in total. The number of carbonyl (C=O) groups excluding carboxylic acids is 1. The zero-order valence-corrected chi connectivity index (χ0v) is 8.73. The van der Waals surface area contributed by atoms with Gasteiger partial charge in [-0.15, -0.1) is 0 Å². The second kappa shape index (κ2) is 5.90. The monoisotopic (exact) mass is 240 g/mol. The van der Waals surface area contributed by atoms with Crippen LogP contribution in [0.1, 0.15) is 0 Å². The van der Waals surface area contributed by atoms with Crippen molar-refractivity contribution in [2.24, 2.45) is 0 Å². The van der Waals surface area contributed by atoms with Crippen molar-refractivity contribution in [3.63, 3.8) is 0 Å². The number of amides is 2. The summed E-state index contributed by atoms with van der Waals surface area (Å²) < 4.78 is 35.1. The Bertz CT molecular complexity index is 228. The molecule has 0 aromatic heterocycles. The van der Waals surface area contributed by atoms with Gasteiger partial charge in [-0.3, -0.25) is 4.90 Å². The summed E-state index contributed by atoms with van der Waals surface area (Å²) in [6.07, 6.45) is -4.67. The summed E-state index contributed by atoms with van der Waals surface area (Å²) in [7, 11) is 0. The lowest BCUT2D eigenvalue weighted by Gasteiger charge is -2.27. The highest BCUT2D eigenvalue weighted by molar-refractivity contribution is 5.74. The number of nitrogens with zero attached hydrogens (tertiary/aromatic N) is 1. The minimum Gasteiger partial charge on any atom is -0.337 e. The maximum absolute atomic E-state index is 11.7. The summed E-state index contributed by atoms with van der Waals surface area (Å²) in [6.45, 7) is 4.21. The molecule has 1 saturated heterocycles. The Hall–Kier alpha value is -1.02. The molecule has 1 fully saturated rings. The third-order valence-electron chi connectivity index (χ3n) is 2.18. The molecule has 0 bridgehead atoms. The highest BCUT2D eigenvalue weighted by Gasteiger charge is 2.29. The van der Waals surface area contributed by atoms with Gasteiger partial charge in [0.2, 0.25) is 0 Å². The first kappa shape index (κ1) is 13.0. The molecule has 0 aliphatic carbocycles. The molecule has 0 aromatic carbocycles. The molecular weight excluding hydrogens is 225 g/mol. The van der Waals surface area contributed by atoms with E-state index in [9.17, 15) is 18.0 Å². The lowest BCUT2D eigenvalue weighted by Crippen LogP contribution is -2.49. The van der Waals surface area contributed by atoms with Crippen LogP contribution in [-0.2, 0) is 0 Å². The van der Waals surface area contributed by atoms with Crippen LogP contribution >= 0.6 is 0 Å². The van der Waals surface area contributed by atoms with E-state index in [1.165, 1.54) is 0 Å². The number of alkyl halides is 3. The van der Waals surface area contributed by atoms with Crippen molar-refractivity contribution >= 4 is 6.03 Å². The average molecular weight is 240 g/mol. The largest absolute Gasteiger partial charge is 0.485 e. The number of piperazine rings is 1. The third-order valence-corrected chi connectivity index (χ3v) is 2.18. The predicted molar refractivity (Wildman–Crippen MR) is 51.9 cm³/mol. The van der Waals surface area contributed by atoms with Gasteiger partial charge < -0.3 is 10.6 Å². The van der Waals surface area contributed by atoms with Gasteiger partial charge in [-0.25, -0.2) is 10.1 Å². The fourth-order valence-electron chi connectivity index (χ4n) is 1.44. The smallest absolute Gasteiger partial charge is 0.337 e. The molecule has 1 aliphatic heterocycles. The lowest BCUT2D eigenvalue weighted by atomic mass is 10.3. The predicted octanol–water partition coefficient (Wildman–Crippen LogP) is -0.289. The zero-order valence-electron chi connectivity index (χ0n) is 8.73. The van der Waals surface area contributed by atoms with Crippen molar-refractivity contribution in [1.82, 2.24) is 20.9 Å². The summed E-state index contributed by atoms with van der Waals surface area (Å²) >= 11 is 0. The van der Waals surface area contributed by atoms with Crippen molar-refractivity contribution in [1.29, 1.82) is 0 Å². The van der Waals surface area contributed by atoms with Crippen molar-refractivity contribution < 1.29 is 18.0 Å². The van der Waals surface area contributed by atoms with Crippen LogP contribution in [0.2, 0.25) is 0 Å². The van der Waals surface area contributed by atoms with Crippen molar-refractivity contribution in [2.45, 2.75) is 6.30 Å². The van der Waals surface area contributed by atoms with E-state index in [4.69, 9.17) is 0 Å². The van der Waals surface area contributed by atoms with Gasteiger partial charge in [-0.05, 0) is 0 Å². The normalized spacial score (nSPS) is 18.2. The molecule has 3 N–H and O–H groups in total. The second-order valence-corrected chi connectivity index (χ2v) is 3.47. The van der Waals surface area contributed by atoms with Crippen molar-refractivity contribution in [2.75, 3.05) is 39.3 Å². The molecule has 0 atom stereocenters. The Morgan fingerprint density at radius 2 is 1.94 bits per heavy atom. The van der Waals surface area contributed by atoms with Crippen LogP contribution < -0.4 is 16.0 Å². The van der Waals surface area contributed by atoms with Crippen molar-refractivity contribution in [3.05, 3.63) is 0 Å². The molecule has 8 heteroatoms. The third kappa shape index (κ3) is 5.76. The van der Waals surface area contributed by atoms with Crippen LogP contribution in [0, 0.1) is 0 Å². The molecule has 0 spiro atoms. The number of hydrogen-bond donors (Lipinski definition) is 3. The van der Waals surface area contributed by atoms with Gasteiger partial charge in [0.25, 0.3) is 0 Å². The minimum absolute atomic E-state index is 0.210. The van der Waals surface area contributed by atoms with Gasteiger partial charge in [0.1, 0.15) is 0 Å². The lowest BCUT2D eigenvalue weighted by molar-refractivity contribution is -0.145. The topological polar surface area (TPSA) is 56.4 Å². The quantitative estimate of drug-likeness (QED) is 0.594. The van der Waals surface area contributed by atoms with Gasteiger partial charge >= 0.3 is 12.3 Å². The molecule has 0 saturated carbocycles. The Morgan fingerprint density at radius 1 is 1.31 bits per heavy atom. The average Bonchev–Trinajstić information content (AvgIpc) is 2.16. The van der Waals surface area contributed by atoms with E-state index < -0.39 is 12.3 Å². The second-order valence-electron chi connectivity index (χ2n) is 3.47. The molecule has 2 amide bonds. The Labute approximate surface area is 91.4 Å². The summed E-state index contributed by atoms with van der Waals surface area (Å²) in [4.78, 5) is 12.8. The van der Waals surface area contributed by atoms with E-state index in [2.05, 4.69) is 15.5 Å². The molecule has 0 radical (unpaired) electrons. The number of nitrogens with one attached hydrogen (secondary N) is 3. The SMILES string of the molecule is O=C(NCCN1CCNCC1)NC(F)(F)F. The fourth-order valence-corrected chi connectivity index (χ4v) is 1.44. The number of halogens is 3.